The van der Waals surface area contributed by atoms with Crippen molar-refractivity contribution < 1.29 is 9.59 Å². The van der Waals surface area contributed by atoms with Crippen LogP contribution >= 0.6 is 35.3 Å². The van der Waals surface area contributed by atoms with Crippen LogP contribution in [0.3, 0.4) is 0 Å². The van der Waals surface area contributed by atoms with Crippen molar-refractivity contribution in [1.29, 1.82) is 0 Å². The molecule has 0 unspecified atom stereocenters. The van der Waals surface area contributed by atoms with Crippen LogP contribution in [-0.2, 0) is 9.59 Å². The van der Waals surface area contributed by atoms with Gasteiger partial charge in [0.1, 0.15) is 5.78 Å². The first-order chi connectivity index (χ1) is 3.66. The highest BCUT2D eigenvalue weighted by atomic mass is 127. The van der Waals surface area contributed by atoms with Crippen LogP contribution in [0.5, 0.6) is 0 Å². The maximum atomic E-state index is 10.3. The summed E-state index contributed by atoms with van der Waals surface area (Å²) in [4.78, 5) is 20.4. The summed E-state index contributed by atoms with van der Waals surface area (Å²) in [5.74, 6) is -0.350. The Morgan fingerprint density at radius 2 is 2.00 bits per heavy atom. The SMILES string of the molecule is CC(=O)CC(=O)NI.Cl. The van der Waals surface area contributed by atoms with Gasteiger partial charge in [-0.05, 0) is 6.92 Å². The van der Waals surface area contributed by atoms with Gasteiger partial charge < -0.3 is 0 Å². The molecule has 0 saturated heterocycles. The zero-order chi connectivity index (χ0) is 6.57. The number of ketones is 1. The second kappa shape index (κ2) is 6.28. The molecule has 0 heterocycles. The molecule has 0 atom stereocenters. The van der Waals surface area contributed by atoms with Crippen LogP contribution in [0.2, 0.25) is 0 Å². The minimum absolute atomic E-state index is 0. The first kappa shape index (κ1) is 11.9. The van der Waals surface area contributed by atoms with Gasteiger partial charge in [-0.15, -0.1) is 12.4 Å². The van der Waals surface area contributed by atoms with Crippen LogP contribution in [0.15, 0.2) is 0 Å². The van der Waals surface area contributed by atoms with E-state index in [1.807, 2.05) is 0 Å². The predicted molar refractivity (Wildman–Crippen MR) is 44.7 cm³/mol. The Balaban J connectivity index is 0. The molecule has 0 aliphatic heterocycles. The summed E-state index contributed by atoms with van der Waals surface area (Å²) in [6.45, 7) is 1.38. The fourth-order valence-corrected chi connectivity index (χ4v) is 0.450. The molecule has 0 spiro atoms. The second-order valence-electron chi connectivity index (χ2n) is 1.40. The van der Waals surface area contributed by atoms with Gasteiger partial charge in [0.05, 0.1) is 29.3 Å². The molecule has 0 fully saturated rings. The number of halogens is 2. The van der Waals surface area contributed by atoms with Gasteiger partial charge in [0.15, 0.2) is 0 Å². The molecule has 0 radical (unpaired) electrons. The quantitative estimate of drug-likeness (QED) is 0.456. The lowest BCUT2D eigenvalue weighted by Gasteiger charge is -1.89. The number of carbonyl (C=O) groups is 2. The van der Waals surface area contributed by atoms with Gasteiger partial charge in [-0.3, -0.25) is 13.1 Å². The Morgan fingerprint density at radius 1 is 1.56 bits per heavy atom. The van der Waals surface area contributed by atoms with E-state index in [9.17, 15) is 9.59 Å². The molecule has 3 nitrogen and oxygen atoms in total. The largest absolute Gasteiger partial charge is 0.299 e. The van der Waals surface area contributed by atoms with E-state index in [-0.39, 0.29) is 30.5 Å². The molecular formula is C4H7ClINO2. The summed E-state index contributed by atoms with van der Waals surface area (Å²) in [6.07, 6.45) is -0.0110. The molecule has 0 bridgehead atoms. The maximum Gasteiger partial charge on any atom is 0.236 e. The van der Waals surface area contributed by atoms with E-state index >= 15 is 0 Å². The molecule has 54 valence electrons. The van der Waals surface area contributed by atoms with Crippen molar-refractivity contribution in [2.75, 3.05) is 0 Å². The number of amides is 1. The van der Waals surface area contributed by atoms with Crippen molar-refractivity contribution >= 4 is 47.0 Å². The number of hydrogen-bond donors (Lipinski definition) is 1. The Bertz CT molecular complexity index is 117. The summed E-state index contributed by atoms with van der Waals surface area (Å²) in [6, 6.07) is 0. The van der Waals surface area contributed by atoms with Crippen molar-refractivity contribution in [3.63, 3.8) is 0 Å². The number of hydrogen-bond acceptors (Lipinski definition) is 2. The zero-order valence-electron chi connectivity index (χ0n) is 4.81. The molecule has 0 aliphatic carbocycles. The van der Waals surface area contributed by atoms with Gasteiger partial charge in [-0.1, -0.05) is 0 Å². The van der Waals surface area contributed by atoms with Crippen LogP contribution < -0.4 is 3.53 Å². The fourth-order valence-electron chi connectivity index (χ4n) is 0.260. The predicted octanol–water partition coefficient (Wildman–Crippen LogP) is 0.854. The van der Waals surface area contributed by atoms with Gasteiger partial charge >= 0.3 is 0 Å². The molecule has 0 saturated carbocycles. The van der Waals surface area contributed by atoms with Crippen LogP contribution in [0.25, 0.3) is 0 Å². The highest BCUT2D eigenvalue weighted by molar-refractivity contribution is 14.1. The summed E-state index contributed by atoms with van der Waals surface area (Å²) in [5.41, 5.74) is 0. The average Bonchev–Trinajstić information content (AvgIpc) is 1.65. The van der Waals surface area contributed by atoms with Gasteiger partial charge in [0, 0.05) is 0 Å². The summed E-state index contributed by atoms with van der Waals surface area (Å²) < 4.78 is 2.31. The van der Waals surface area contributed by atoms with Crippen molar-refractivity contribution in [3.8, 4) is 0 Å². The molecule has 0 aromatic heterocycles. The van der Waals surface area contributed by atoms with E-state index in [4.69, 9.17) is 0 Å². The monoisotopic (exact) mass is 263 g/mol. The Hall–Kier alpha value is 0.160. The van der Waals surface area contributed by atoms with E-state index in [0.29, 0.717) is 0 Å². The zero-order valence-corrected chi connectivity index (χ0v) is 7.78. The van der Waals surface area contributed by atoms with Crippen LogP contribution in [0.1, 0.15) is 13.3 Å². The first-order valence-electron chi connectivity index (χ1n) is 2.05. The lowest BCUT2D eigenvalue weighted by molar-refractivity contribution is -0.125. The Morgan fingerprint density at radius 3 is 2.11 bits per heavy atom. The summed E-state index contributed by atoms with van der Waals surface area (Å²) in [5, 5.41) is 0. The van der Waals surface area contributed by atoms with E-state index in [1.165, 1.54) is 6.92 Å². The lowest BCUT2D eigenvalue weighted by atomic mass is 10.3. The second-order valence-corrected chi connectivity index (χ2v) is 1.94. The van der Waals surface area contributed by atoms with Crippen molar-refractivity contribution in [2.24, 2.45) is 0 Å². The minimum atomic E-state index is -0.238. The average molecular weight is 263 g/mol. The summed E-state index contributed by atoms with van der Waals surface area (Å²) in [7, 11) is 0. The van der Waals surface area contributed by atoms with Crippen LogP contribution in [0, 0.1) is 0 Å². The summed E-state index contributed by atoms with van der Waals surface area (Å²) >= 11 is 1.70. The molecule has 5 heteroatoms. The molecule has 0 rings (SSSR count). The highest BCUT2D eigenvalue weighted by Crippen LogP contribution is 1.82. The maximum absolute atomic E-state index is 10.3. The van der Waals surface area contributed by atoms with Gasteiger partial charge in [-0.25, -0.2) is 0 Å². The lowest BCUT2D eigenvalue weighted by Crippen LogP contribution is -2.14. The van der Waals surface area contributed by atoms with Crippen molar-refractivity contribution in [2.45, 2.75) is 13.3 Å². The number of Topliss-reactive ketones (excluding diaryl/α,β-unsaturated/α-hetero) is 1. The van der Waals surface area contributed by atoms with E-state index in [1.54, 1.807) is 22.9 Å². The first-order valence-corrected chi connectivity index (χ1v) is 3.13. The topological polar surface area (TPSA) is 46.2 Å². The molecule has 1 amide bonds. The normalized spacial score (nSPS) is 7.33. The van der Waals surface area contributed by atoms with Gasteiger partial charge in [0.25, 0.3) is 0 Å². The number of nitrogens with one attached hydrogen (secondary N) is 1. The molecular weight excluding hydrogens is 256 g/mol. The van der Waals surface area contributed by atoms with Gasteiger partial charge in [0.2, 0.25) is 5.91 Å². The van der Waals surface area contributed by atoms with E-state index < -0.39 is 0 Å². The molecule has 9 heavy (non-hydrogen) atoms. The number of rotatable bonds is 2. The van der Waals surface area contributed by atoms with E-state index in [0.717, 1.165) is 0 Å². The molecule has 1 N–H and O–H groups in total. The van der Waals surface area contributed by atoms with Crippen molar-refractivity contribution in [1.82, 2.24) is 3.53 Å². The minimum Gasteiger partial charge on any atom is -0.299 e. The fraction of sp³-hybridized carbons (Fsp3) is 0.500. The van der Waals surface area contributed by atoms with E-state index in [2.05, 4.69) is 3.53 Å². The third kappa shape index (κ3) is 8.16. The Kier molecular flexibility index (Phi) is 8.31. The molecule has 0 aliphatic rings. The van der Waals surface area contributed by atoms with Crippen LogP contribution in [0.4, 0.5) is 0 Å². The van der Waals surface area contributed by atoms with Crippen LogP contribution in [-0.4, -0.2) is 11.7 Å². The molecule has 0 aromatic carbocycles. The smallest absolute Gasteiger partial charge is 0.236 e. The standard InChI is InChI=1S/C4H6INO2.ClH/c1-3(7)2-4(8)6-5;/h2H2,1H3,(H,6,8);1H. The highest BCUT2D eigenvalue weighted by Gasteiger charge is 2.00. The third-order valence-electron chi connectivity index (χ3n) is 0.515. The third-order valence-corrected chi connectivity index (χ3v) is 1.12. The Labute approximate surface area is 73.5 Å². The molecule has 0 aromatic rings. The number of carbonyl (C=O) groups excluding carboxylic acids is 2. The van der Waals surface area contributed by atoms with Crippen molar-refractivity contribution in [3.05, 3.63) is 0 Å². The van der Waals surface area contributed by atoms with Gasteiger partial charge in [-0.2, -0.15) is 0 Å².